The van der Waals surface area contributed by atoms with E-state index in [4.69, 9.17) is 4.74 Å². The fourth-order valence-electron chi connectivity index (χ4n) is 1.53. The molecule has 0 saturated heterocycles. The van der Waals surface area contributed by atoms with Crippen molar-refractivity contribution in [2.24, 2.45) is 0 Å². The van der Waals surface area contributed by atoms with E-state index < -0.39 is 12.8 Å². The van der Waals surface area contributed by atoms with Gasteiger partial charge in [-0.05, 0) is 32.9 Å². The van der Waals surface area contributed by atoms with Crippen LogP contribution in [-0.2, 0) is 0 Å². The van der Waals surface area contributed by atoms with E-state index in [2.05, 4.69) is 10.6 Å². The van der Waals surface area contributed by atoms with E-state index in [9.17, 15) is 13.2 Å². The molecule has 114 valence electrons. The highest BCUT2D eigenvalue weighted by Gasteiger charge is 2.28. The van der Waals surface area contributed by atoms with Gasteiger partial charge in [0.25, 0.3) is 0 Å². The summed E-state index contributed by atoms with van der Waals surface area (Å²) in [5.74, 6) is 0.209. The number of nitrogens with one attached hydrogen (secondary N) is 2. The molecule has 0 spiro atoms. The monoisotopic (exact) mass is 290 g/mol. The average Bonchev–Trinajstić information content (AvgIpc) is 2.31. The smallest absolute Gasteiger partial charge is 0.422 e. The third-order valence-electron chi connectivity index (χ3n) is 2.37. The fourth-order valence-corrected chi connectivity index (χ4v) is 1.53. The molecule has 0 radical (unpaired) electrons. The summed E-state index contributed by atoms with van der Waals surface area (Å²) in [6, 6.07) is 6.61. The van der Waals surface area contributed by atoms with Gasteiger partial charge in [0, 0.05) is 18.6 Å². The van der Waals surface area contributed by atoms with Gasteiger partial charge in [-0.25, -0.2) is 0 Å². The molecule has 1 aromatic carbocycles. The molecule has 0 atom stereocenters. The van der Waals surface area contributed by atoms with Gasteiger partial charge >= 0.3 is 6.18 Å². The third-order valence-corrected chi connectivity index (χ3v) is 2.37. The van der Waals surface area contributed by atoms with Crippen molar-refractivity contribution in [3.05, 3.63) is 24.3 Å². The molecule has 0 aliphatic heterocycles. The Hall–Kier alpha value is -1.43. The lowest BCUT2D eigenvalue weighted by Gasteiger charge is -2.21. The minimum absolute atomic E-state index is 0.00792. The minimum Gasteiger partial charge on any atom is -0.482 e. The van der Waals surface area contributed by atoms with Crippen molar-refractivity contribution >= 4 is 5.69 Å². The Labute approximate surface area is 117 Å². The zero-order valence-electron chi connectivity index (χ0n) is 12.0. The predicted molar refractivity (Wildman–Crippen MR) is 74.2 cm³/mol. The van der Waals surface area contributed by atoms with Crippen LogP contribution >= 0.6 is 0 Å². The second kappa shape index (κ2) is 6.83. The Morgan fingerprint density at radius 3 is 2.30 bits per heavy atom. The molecule has 0 aromatic heterocycles. The summed E-state index contributed by atoms with van der Waals surface area (Å²) in [6.07, 6.45) is -4.33. The summed E-state index contributed by atoms with van der Waals surface area (Å²) in [4.78, 5) is 0. The summed E-state index contributed by atoms with van der Waals surface area (Å²) in [6.45, 7) is 6.17. The maximum Gasteiger partial charge on any atom is 0.422 e. The van der Waals surface area contributed by atoms with Crippen molar-refractivity contribution in [1.82, 2.24) is 5.32 Å². The number of para-hydroxylation sites is 2. The van der Waals surface area contributed by atoms with Crippen molar-refractivity contribution in [2.75, 3.05) is 25.0 Å². The van der Waals surface area contributed by atoms with Gasteiger partial charge < -0.3 is 15.4 Å². The van der Waals surface area contributed by atoms with Gasteiger partial charge in [-0.3, -0.25) is 0 Å². The van der Waals surface area contributed by atoms with Crippen LogP contribution in [0.1, 0.15) is 20.8 Å². The molecule has 0 unspecified atom stereocenters. The zero-order chi connectivity index (χ0) is 15.2. The van der Waals surface area contributed by atoms with Crippen LogP contribution in [0, 0.1) is 0 Å². The van der Waals surface area contributed by atoms with Gasteiger partial charge in [0.15, 0.2) is 6.61 Å². The first-order chi connectivity index (χ1) is 9.17. The van der Waals surface area contributed by atoms with E-state index in [0.717, 1.165) is 0 Å². The maximum atomic E-state index is 12.2. The lowest BCUT2D eigenvalue weighted by molar-refractivity contribution is -0.153. The average molecular weight is 290 g/mol. The number of hydrogen-bond donors (Lipinski definition) is 2. The molecule has 1 aromatic rings. The number of anilines is 1. The molecule has 0 heterocycles. The quantitative estimate of drug-likeness (QED) is 0.788. The standard InChI is InChI=1S/C14H21F3N2O/c1-13(2,3)19-9-8-18-11-6-4-5-7-12(11)20-10-14(15,16)17/h4-7,18-19H,8-10H2,1-3H3. The highest BCUT2D eigenvalue weighted by molar-refractivity contribution is 5.56. The van der Waals surface area contributed by atoms with E-state index in [0.29, 0.717) is 18.8 Å². The molecule has 1 rings (SSSR count). The Balaban J connectivity index is 2.49. The molecule has 0 amide bonds. The van der Waals surface area contributed by atoms with Gasteiger partial charge in [0.05, 0.1) is 5.69 Å². The first kappa shape index (κ1) is 16.6. The summed E-state index contributed by atoms with van der Waals surface area (Å²) in [5, 5.41) is 6.35. The molecular formula is C14H21F3N2O. The Morgan fingerprint density at radius 1 is 1.05 bits per heavy atom. The molecule has 6 heteroatoms. The molecule has 20 heavy (non-hydrogen) atoms. The van der Waals surface area contributed by atoms with Crippen LogP contribution < -0.4 is 15.4 Å². The van der Waals surface area contributed by atoms with Gasteiger partial charge in [0.1, 0.15) is 5.75 Å². The number of benzene rings is 1. The van der Waals surface area contributed by atoms with Crippen molar-refractivity contribution in [1.29, 1.82) is 0 Å². The number of halogens is 3. The summed E-state index contributed by atoms with van der Waals surface area (Å²) < 4.78 is 41.3. The first-order valence-corrected chi connectivity index (χ1v) is 6.45. The number of rotatable bonds is 6. The lowest BCUT2D eigenvalue weighted by Crippen LogP contribution is -2.38. The first-order valence-electron chi connectivity index (χ1n) is 6.45. The third kappa shape index (κ3) is 7.23. The fraction of sp³-hybridized carbons (Fsp3) is 0.571. The van der Waals surface area contributed by atoms with Crippen molar-refractivity contribution in [3.8, 4) is 5.75 Å². The van der Waals surface area contributed by atoms with E-state index in [1.807, 2.05) is 20.8 Å². The Bertz CT molecular complexity index is 414. The molecule has 0 saturated carbocycles. The van der Waals surface area contributed by atoms with Gasteiger partial charge in [-0.15, -0.1) is 0 Å². The second-order valence-electron chi connectivity index (χ2n) is 5.50. The normalized spacial score (nSPS) is 12.3. The van der Waals surface area contributed by atoms with E-state index in [-0.39, 0.29) is 11.3 Å². The van der Waals surface area contributed by atoms with Gasteiger partial charge in [-0.1, -0.05) is 12.1 Å². The number of hydrogen-bond acceptors (Lipinski definition) is 3. The summed E-state index contributed by atoms with van der Waals surface area (Å²) >= 11 is 0. The van der Waals surface area contributed by atoms with Gasteiger partial charge in [0.2, 0.25) is 0 Å². The zero-order valence-corrected chi connectivity index (χ0v) is 12.0. The molecule has 2 N–H and O–H groups in total. The van der Waals surface area contributed by atoms with Gasteiger partial charge in [-0.2, -0.15) is 13.2 Å². The molecular weight excluding hydrogens is 269 g/mol. The lowest BCUT2D eigenvalue weighted by atomic mass is 10.1. The van der Waals surface area contributed by atoms with Crippen LogP contribution in [0.2, 0.25) is 0 Å². The van der Waals surface area contributed by atoms with Crippen molar-refractivity contribution in [3.63, 3.8) is 0 Å². The Kier molecular flexibility index (Phi) is 5.68. The molecule has 0 fully saturated rings. The number of ether oxygens (including phenoxy) is 1. The van der Waals surface area contributed by atoms with E-state index in [1.165, 1.54) is 6.07 Å². The van der Waals surface area contributed by atoms with Crippen LogP contribution in [0.3, 0.4) is 0 Å². The van der Waals surface area contributed by atoms with Crippen molar-refractivity contribution < 1.29 is 17.9 Å². The maximum absolute atomic E-state index is 12.2. The predicted octanol–water partition coefficient (Wildman–Crippen LogP) is 3.43. The van der Waals surface area contributed by atoms with Crippen LogP contribution in [0.25, 0.3) is 0 Å². The summed E-state index contributed by atoms with van der Waals surface area (Å²) in [5.41, 5.74) is 0.570. The van der Waals surface area contributed by atoms with Crippen LogP contribution in [0.4, 0.5) is 18.9 Å². The summed E-state index contributed by atoms with van der Waals surface area (Å²) in [7, 11) is 0. The minimum atomic E-state index is -4.33. The molecule has 3 nitrogen and oxygen atoms in total. The largest absolute Gasteiger partial charge is 0.482 e. The van der Waals surface area contributed by atoms with E-state index in [1.54, 1.807) is 18.2 Å². The molecule has 0 bridgehead atoms. The highest BCUT2D eigenvalue weighted by Crippen LogP contribution is 2.25. The number of alkyl halides is 3. The highest BCUT2D eigenvalue weighted by atomic mass is 19.4. The topological polar surface area (TPSA) is 33.3 Å². The van der Waals surface area contributed by atoms with Crippen LogP contribution in [-0.4, -0.2) is 31.4 Å². The van der Waals surface area contributed by atoms with Crippen LogP contribution in [0.5, 0.6) is 5.75 Å². The van der Waals surface area contributed by atoms with Crippen molar-refractivity contribution in [2.45, 2.75) is 32.5 Å². The SMILES string of the molecule is CC(C)(C)NCCNc1ccccc1OCC(F)(F)F. The molecule has 0 aliphatic carbocycles. The van der Waals surface area contributed by atoms with E-state index >= 15 is 0 Å². The Morgan fingerprint density at radius 2 is 1.70 bits per heavy atom. The van der Waals surface area contributed by atoms with Crippen LogP contribution in [0.15, 0.2) is 24.3 Å². The molecule has 0 aliphatic rings. The second-order valence-corrected chi connectivity index (χ2v) is 5.50.